The highest BCUT2D eigenvalue weighted by Gasteiger charge is 2.08. The van der Waals surface area contributed by atoms with Gasteiger partial charge in [-0.05, 0) is 25.0 Å². The van der Waals surface area contributed by atoms with Crippen molar-refractivity contribution < 1.29 is 13.6 Å². The maximum absolute atomic E-state index is 12.8. The minimum atomic E-state index is -0.745. The molecule has 1 aromatic rings. The van der Waals surface area contributed by atoms with Gasteiger partial charge in [-0.2, -0.15) is 0 Å². The summed E-state index contributed by atoms with van der Waals surface area (Å²) in [7, 11) is 0. The van der Waals surface area contributed by atoms with Gasteiger partial charge < -0.3 is 5.32 Å². The lowest BCUT2D eigenvalue weighted by Gasteiger charge is -2.04. The van der Waals surface area contributed by atoms with Crippen molar-refractivity contribution >= 4 is 21.8 Å². The highest BCUT2D eigenvalue weighted by atomic mass is 79.9. The largest absolute Gasteiger partial charge is 0.352 e. The van der Waals surface area contributed by atoms with E-state index in [1.165, 1.54) is 0 Å². The molecule has 0 aliphatic rings. The predicted molar refractivity (Wildman–Crippen MR) is 61.7 cm³/mol. The van der Waals surface area contributed by atoms with E-state index in [9.17, 15) is 13.6 Å². The molecule has 0 unspecified atom stereocenters. The molecule has 0 aliphatic carbocycles. The Bertz CT molecular complexity index is 351. The molecule has 16 heavy (non-hydrogen) atoms. The van der Waals surface area contributed by atoms with Crippen molar-refractivity contribution in [2.24, 2.45) is 0 Å². The maximum Gasteiger partial charge on any atom is 0.251 e. The van der Waals surface area contributed by atoms with Crippen LogP contribution in [0.25, 0.3) is 0 Å². The van der Waals surface area contributed by atoms with Gasteiger partial charge in [-0.1, -0.05) is 15.9 Å². The van der Waals surface area contributed by atoms with E-state index in [2.05, 4.69) is 21.2 Å². The van der Waals surface area contributed by atoms with Crippen LogP contribution in [-0.4, -0.2) is 17.8 Å². The molecule has 0 bridgehead atoms. The fourth-order valence-corrected chi connectivity index (χ4v) is 1.60. The zero-order valence-electron chi connectivity index (χ0n) is 8.60. The van der Waals surface area contributed by atoms with Crippen molar-refractivity contribution in [1.82, 2.24) is 5.32 Å². The van der Waals surface area contributed by atoms with Crippen LogP contribution in [0, 0.1) is 11.6 Å². The van der Waals surface area contributed by atoms with Crippen LogP contribution in [0.3, 0.4) is 0 Å². The summed E-state index contributed by atoms with van der Waals surface area (Å²) >= 11 is 3.27. The Kier molecular flexibility index (Phi) is 5.38. The normalized spacial score (nSPS) is 10.2. The molecule has 0 saturated carbocycles. The number of hydrogen-bond donors (Lipinski definition) is 1. The van der Waals surface area contributed by atoms with Crippen LogP contribution in [0.5, 0.6) is 0 Å². The first kappa shape index (κ1) is 13.1. The van der Waals surface area contributed by atoms with Crippen LogP contribution in [0.2, 0.25) is 0 Å². The van der Waals surface area contributed by atoms with E-state index < -0.39 is 17.5 Å². The molecule has 0 aliphatic heterocycles. The second-order valence-electron chi connectivity index (χ2n) is 3.31. The van der Waals surface area contributed by atoms with E-state index in [0.29, 0.717) is 6.54 Å². The van der Waals surface area contributed by atoms with E-state index in [1.54, 1.807) is 0 Å². The van der Waals surface area contributed by atoms with E-state index >= 15 is 0 Å². The Morgan fingerprint density at radius 2 is 1.81 bits per heavy atom. The molecule has 1 rings (SSSR count). The molecule has 0 spiro atoms. The van der Waals surface area contributed by atoms with Gasteiger partial charge in [0.05, 0.1) is 0 Å². The Balaban J connectivity index is 2.52. The third kappa shape index (κ3) is 4.26. The second kappa shape index (κ2) is 6.58. The van der Waals surface area contributed by atoms with Gasteiger partial charge >= 0.3 is 0 Å². The van der Waals surface area contributed by atoms with Gasteiger partial charge in [-0.3, -0.25) is 4.79 Å². The zero-order chi connectivity index (χ0) is 12.0. The molecule has 1 N–H and O–H groups in total. The summed E-state index contributed by atoms with van der Waals surface area (Å²) in [6.07, 6.45) is 1.77. The monoisotopic (exact) mass is 291 g/mol. The molecule has 1 aromatic carbocycles. The number of benzene rings is 1. The minimum Gasteiger partial charge on any atom is -0.352 e. The fourth-order valence-electron chi connectivity index (χ4n) is 1.21. The van der Waals surface area contributed by atoms with Gasteiger partial charge in [-0.15, -0.1) is 0 Å². The van der Waals surface area contributed by atoms with Crippen LogP contribution in [-0.2, 0) is 0 Å². The highest BCUT2D eigenvalue weighted by molar-refractivity contribution is 9.09. The van der Waals surface area contributed by atoms with Crippen molar-refractivity contribution in [2.75, 3.05) is 11.9 Å². The van der Waals surface area contributed by atoms with Gasteiger partial charge in [0.1, 0.15) is 11.6 Å². The van der Waals surface area contributed by atoms with Gasteiger partial charge in [0.2, 0.25) is 0 Å². The van der Waals surface area contributed by atoms with E-state index in [1.807, 2.05) is 0 Å². The number of rotatable bonds is 5. The number of halogens is 3. The quantitative estimate of drug-likeness (QED) is 0.656. The van der Waals surface area contributed by atoms with Gasteiger partial charge in [-0.25, -0.2) is 8.78 Å². The Hall–Kier alpha value is -0.970. The van der Waals surface area contributed by atoms with Gasteiger partial charge in [0.25, 0.3) is 5.91 Å². The predicted octanol–water partition coefficient (Wildman–Crippen LogP) is 2.87. The van der Waals surface area contributed by atoms with E-state index in [0.717, 1.165) is 36.4 Å². The summed E-state index contributed by atoms with van der Waals surface area (Å²) in [5.41, 5.74) is 0.0105. The second-order valence-corrected chi connectivity index (χ2v) is 4.10. The molecule has 5 heteroatoms. The first-order valence-electron chi connectivity index (χ1n) is 4.93. The molecule has 0 saturated heterocycles. The van der Waals surface area contributed by atoms with Crippen LogP contribution >= 0.6 is 15.9 Å². The Morgan fingerprint density at radius 3 is 2.38 bits per heavy atom. The molecule has 1 amide bonds. The summed E-state index contributed by atoms with van der Waals surface area (Å²) in [6, 6.07) is 2.77. The van der Waals surface area contributed by atoms with Crippen LogP contribution in [0.4, 0.5) is 8.78 Å². The molecule has 0 atom stereocenters. The van der Waals surface area contributed by atoms with Crippen molar-refractivity contribution in [2.45, 2.75) is 12.8 Å². The first-order valence-corrected chi connectivity index (χ1v) is 6.06. The van der Waals surface area contributed by atoms with Crippen LogP contribution < -0.4 is 5.32 Å². The third-order valence-corrected chi connectivity index (χ3v) is 2.53. The van der Waals surface area contributed by atoms with Crippen molar-refractivity contribution in [3.05, 3.63) is 35.4 Å². The molecule has 0 fully saturated rings. The summed E-state index contributed by atoms with van der Waals surface area (Å²) in [6.45, 7) is 0.503. The lowest BCUT2D eigenvalue weighted by Crippen LogP contribution is -2.24. The molecular weight excluding hydrogens is 280 g/mol. The molecule has 88 valence electrons. The number of unbranched alkanes of at least 4 members (excludes halogenated alkanes) is 1. The Morgan fingerprint density at radius 1 is 1.19 bits per heavy atom. The van der Waals surface area contributed by atoms with Gasteiger partial charge in [0.15, 0.2) is 0 Å². The number of nitrogens with one attached hydrogen (secondary N) is 1. The number of carbonyl (C=O) groups excluding carboxylic acids is 1. The average Bonchev–Trinajstić information content (AvgIpc) is 2.22. The third-order valence-electron chi connectivity index (χ3n) is 1.97. The number of carbonyl (C=O) groups is 1. The van der Waals surface area contributed by atoms with Crippen LogP contribution in [0.1, 0.15) is 23.2 Å². The minimum absolute atomic E-state index is 0.0105. The average molecular weight is 292 g/mol. The first-order chi connectivity index (χ1) is 7.63. The fraction of sp³-hybridized carbons (Fsp3) is 0.364. The summed E-state index contributed by atoms with van der Waals surface area (Å²) in [5, 5.41) is 3.47. The number of amides is 1. The standard InChI is InChI=1S/C11H12BrF2NO/c12-3-1-2-4-15-11(16)8-5-9(13)7-10(14)6-8/h5-7H,1-4H2,(H,15,16). The van der Waals surface area contributed by atoms with E-state index in [-0.39, 0.29) is 5.56 Å². The lowest BCUT2D eigenvalue weighted by molar-refractivity contribution is 0.0952. The molecule has 0 aromatic heterocycles. The van der Waals surface area contributed by atoms with Crippen molar-refractivity contribution in [1.29, 1.82) is 0 Å². The molecule has 0 heterocycles. The summed E-state index contributed by atoms with van der Waals surface area (Å²) in [5.74, 6) is -1.94. The Labute approximate surface area is 101 Å². The topological polar surface area (TPSA) is 29.1 Å². The highest BCUT2D eigenvalue weighted by Crippen LogP contribution is 2.07. The SMILES string of the molecule is O=C(NCCCCBr)c1cc(F)cc(F)c1. The van der Waals surface area contributed by atoms with E-state index in [4.69, 9.17) is 0 Å². The van der Waals surface area contributed by atoms with Crippen molar-refractivity contribution in [3.63, 3.8) is 0 Å². The van der Waals surface area contributed by atoms with Crippen molar-refractivity contribution in [3.8, 4) is 0 Å². The molecular formula is C11H12BrF2NO. The van der Waals surface area contributed by atoms with Gasteiger partial charge in [0, 0.05) is 23.5 Å². The summed E-state index contributed by atoms with van der Waals surface area (Å²) < 4.78 is 25.6. The van der Waals surface area contributed by atoms with Crippen LogP contribution in [0.15, 0.2) is 18.2 Å². The summed E-state index contributed by atoms with van der Waals surface area (Å²) in [4.78, 5) is 11.5. The smallest absolute Gasteiger partial charge is 0.251 e. The zero-order valence-corrected chi connectivity index (χ0v) is 10.2. The number of alkyl halides is 1. The molecule has 2 nitrogen and oxygen atoms in total. The number of hydrogen-bond acceptors (Lipinski definition) is 1. The molecule has 0 radical (unpaired) electrons. The lowest BCUT2D eigenvalue weighted by atomic mass is 10.2. The maximum atomic E-state index is 12.8.